The van der Waals surface area contributed by atoms with Crippen LogP contribution in [0.4, 0.5) is 11.6 Å². The molecule has 0 bridgehead atoms. The van der Waals surface area contributed by atoms with Gasteiger partial charge in [-0.2, -0.15) is 0 Å². The smallest absolute Gasteiger partial charge is 0.158 e. The van der Waals surface area contributed by atoms with Crippen LogP contribution in [0.2, 0.25) is 0 Å². The van der Waals surface area contributed by atoms with Crippen LogP contribution in [-0.2, 0) is 16.1 Å². The van der Waals surface area contributed by atoms with E-state index in [1.165, 1.54) is 0 Å². The molecule has 0 aromatic carbocycles. The maximum atomic E-state index is 5.65. The maximum Gasteiger partial charge on any atom is 0.158 e. The van der Waals surface area contributed by atoms with E-state index in [2.05, 4.69) is 27.6 Å². The third-order valence-electron chi connectivity index (χ3n) is 3.09. The number of hydrazine groups is 1. The zero-order chi connectivity index (χ0) is 13.7. The average molecular weight is 267 g/mol. The van der Waals surface area contributed by atoms with E-state index in [4.69, 9.17) is 15.3 Å². The number of anilines is 2. The molecular formula is C12H21N5O2. The topological polar surface area (TPSA) is 94.3 Å². The Kier molecular flexibility index (Phi) is 4.89. The minimum atomic E-state index is 0.193. The summed E-state index contributed by atoms with van der Waals surface area (Å²) < 4.78 is 10.7. The number of ether oxygens (including phenoxy) is 2. The van der Waals surface area contributed by atoms with Crippen molar-refractivity contribution in [3.63, 3.8) is 0 Å². The number of methoxy groups -OCH3 is 1. The van der Waals surface area contributed by atoms with E-state index in [0.29, 0.717) is 18.2 Å². The van der Waals surface area contributed by atoms with Gasteiger partial charge in [0.2, 0.25) is 0 Å². The molecule has 2 unspecified atom stereocenters. The van der Waals surface area contributed by atoms with E-state index < -0.39 is 0 Å². The van der Waals surface area contributed by atoms with E-state index in [0.717, 1.165) is 25.3 Å². The van der Waals surface area contributed by atoms with Gasteiger partial charge in [0.05, 0.1) is 12.1 Å². The molecule has 0 aliphatic carbocycles. The van der Waals surface area contributed by atoms with Crippen LogP contribution in [0, 0.1) is 0 Å². The van der Waals surface area contributed by atoms with Crippen LogP contribution < -0.4 is 16.6 Å². The molecule has 0 radical (unpaired) electrons. The number of nitrogens with two attached hydrogens (primary N) is 1. The fourth-order valence-electron chi connectivity index (χ4n) is 2.16. The predicted molar refractivity (Wildman–Crippen MR) is 72.6 cm³/mol. The van der Waals surface area contributed by atoms with Gasteiger partial charge in [-0.05, 0) is 19.8 Å². The number of aromatic nitrogens is 2. The largest absolute Gasteiger partial charge is 0.377 e. The molecule has 1 aromatic rings. The highest BCUT2D eigenvalue weighted by Gasteiger charge is 2.22. The minimum Gasteiger partial charge on any atom is -0.377 e. The highest BCUT2D eigenvalue weighted by molar-refractivity contribution is 5.47. The van der Waals surface area contributed by atoms with Crippen molar-refractivity contribution in [1.29, 1.82) is 0 Å². The summed E-state index contributed by atoms with van der Waals surface area (Å²) >= 11 is 0. The molecule has 2 atom stereocenters. The lowest BCUT2D eigenvalue weighted by molar-refractivity contribution is 0.0995. The van der Waals surface area contributed by atoms with Gasteiger partial charge in [-0.1, -0.05) is 0 Å². The van der Waals surface area contributed by atoms with Crippen LogP contribution in [0.5, 0.6) is 0 Å². The first-order valence-corrected chi connectivity index (χ1v) is 6.44. The number of nitrogens with one attached hydrogen (secondary N) is 2. The Hall–Kier alpha value is -1.44. The molecule has 106 valence electrons. The molecule has 1 aliphatic heterocycles. The number of rotatable bonds is 6. The van der Waals surface area contributed by atoms with Gasteiger partial charge in [-0.15, -0.1) is 0 Å². The summed E-state index contributed by atoms with van der Waals surface area (Å²) in [4.78, 5) is 8.59. The number of nitrogen functional groups attached to an aromatic ring is 1. The highest BCUT2D eigenvalue weighted by Crippen LogP contribution is 2.19. The second-order valence-electron chi connectivity index (χ2n) is 4.62. The summed E-state index contributed by atoms with van der Waals surface area (Å²) in [5.74, 6) is 7.27. The molecule has 2 heterocycles. The standard InChI is InChI=1S/C12H21N5O2/c1-8(9-4-3-5-19-9)14-10-6-11(17-13)16-12(15-10)7-18-2/h6,8-9H,3-5,7,13H2,1-2H3,(H2,14,15,16,17). The van der Waals surface area contributed by atoms with Crippen LogP contribution >= 0.6 is 0 Å². The Morgan fingerprint density at radius 3 is 2.95 bits per heavy atom. The Morgan fingerprint density at radius 2 is 2.32 bits per heavy atom. The second kappa shape index (κ2) is 6.65. The van der Waals surface area contributed by atoms with Crippen LogP contribution in [-0.4, -0.2) is 35.8 Å². The van der Waals surface area contributed by atoms with Gasteiger partial charge in [-0.25, -0.2) is 15.8 Å². The molecule has 1 fully saturated rings. The minimum absolute atomic E-state index is 0.193. The fourth-order valence-corrected chi connectivity index (χ4v) is 2.16. The maximum absolute atomic E-state index is 5.65. The van der Waals surface area contributed by atoms with Crippen molar-refractivity contribution in [3.05, 3.63) is 11.9 Å². The SMILES string of the molecule is COCc1nc(NN)cc(NC(C)C2CCCO2)n1. The third-order valence-corrected chi connectivity index (χ3v) is 3.09. The van der Waals surface area contributed by atoms with Crippen molar-refractivity contribution in [1.82, 2.24) is 9.97 Å². The third kappa shape index (κ3) is 3.76. The Balaban J connectivity index is 2.07. The number of hydrogen-bond acceptors (Lipinski definition) is 7. The van der Waals surface area contributed by atoms with Gasteiger partial charge < -0.3 is 20.2 Å². The monoisotopic (exact) mass is 267 g/mol. The molecule has 1 aromatic heterocycles. The highest BCUT2D eigenvalue weighted by atomic mass is 16.5. The molecule has 0 spiro atoms. The molecule has 4 N–H and O–H groups in total. The summed E-state index contributed by atoms with van der Waals surface area (Å²) in [7, 11) is 1.61. The summed E-state index contributed by atoms with van der Waals surface area (Å²) in [6.07, 6.45) is 2.42. The second-order valence-corrected chi connectivity index (χ2v) is 4.62. The lowest BCUT2D eigenvalue weighted by atomic mass is 10.1. The van der Waals surface area contributed by atoms with Crippen molar-refractivity contribution in [2.24, 2.45) is 5.84 Å². The molecule has 1 aliphatic rings. The fraction of sp³-hybridized carbons (Fsp3) is 0.667. The van der Waals surface area contributed by atoms with Gasteiger partial charge in [0, 0.05) is 19.8 Å². The van der Waals surface area contributed by atoms with Crippen molar-refractivity contribution in [3.8, 4) is 0 Å². The quantitative estimate of drug-likeness (QED) is 0.520. The molecule has 7 heteroatoms. The average Bonchev–Trinajstić information content (AvgIpc) is 2.92. The normalized spacial score (nSPS) is 20.3. The molecule has 2 rings (SSSR count). The molecule has 19 heavy (non-hydrogen) atoms. The first-order valence-electron chi connectivity index (χ1n) is 6.44. The van der Waals surface area contributed by atoms with Crippen molar-refractivity contribution in [2.45, 2.75) is 38.5 Å². The summed E-state index contributed by atoms with van der Waals surface area (Å²) in [6, 6.07) is 1.96. The summed E-state index contributed by atoms with van der Waals surface area (Å²) in [5, 5.41) is 3.33. The molecular weight excluding hydrogens is 246 g/mol. The van der Waals surface area contributed by atoms with Gasteiger partial charge in [0.1, 0.15) is 18.2 Å². The van der Waals surface area contributed by atoms with E-state index in [-0.39, 0.29) is 12.1 Å². The van der Waals surface area contributed by atoms with E-state index in [1.807, 2.05) is 0 Å². The Morgan fingerprint density at radius 1 is 1.53 bits per heavy atom. The molecule has 7 nitrogen and oxygen atoms in total. The van der Waals surface area contributed by atoms with E-state index in [9.17, 15) is 0 Å². The molecule has 1 saturated heterocycles. The van der Waals surface area contributed by atoms with Crippen LogP contribution in [0.3, 0.4) is 0 Å². The summed E-state index contributed by atoms with van der Waals surface area (Å²) in [5.41, 5.74) is 2.53. The first kappa shape index (κ1) is 14.0. The van der Waals surface area contributed by atoms with Gasteiger partial charge in [0.25, 0.3) is 0 Å². The number of hydrogen-bond donors (Lipinski definition) is 3. The van der Waals surface area contributed by atoms with Gasteiger partial charge >= 0.3 is 0 Å². The number of nitrogens with zero attached hydrogens (tertiary/aromatic N) is 2. The molecule has 0 amide bonds. The van der Waals surface area contributed by atoms with Crippen LogP contribution in [0.25, 0.3) is 0 Å². The van der Waals surface area contributed by atoms with E-state index in [1.54, 1.807) is 13.2 Å². The van der Waals surface area contributed by atoms with Crippen LogP contribution in [0.15, 0.2) is 6.07 Å². The first-order chi connectivity index (χ1) is 9.22. The Bertz CT molecular complexity index is 409. The van der Waals surface area contributed by atoms with Crippen molar-refractivity contribution < 1.29 is 9.47 Å². The van der Waals surface area contributed by atoms with Crippen LogP contribution in [0.1, 0.15) is 25.6 Å². The predicted octanol–water partition coefficient (Wildman–Crippen LogP) is 0.888. The Labute approximate surface area is 112 Å². The lowest BCUT2D eigenvalue weighted by Gasteiger charge is -2.21. The van der Waals surface area contributed by atoms with Gasteiger partial charge in [0.15, 0.2) is 5.82 Å². The van der Waals surface area contributed by atoms with Crippen molar-refractivity contribution >= 4 is 11.6 Å². The van der Waals surface area contributed by atoms with Gasteiger partial charge in [-0.3, -0.25) is 0 Å². The molecule has 0 saturated carbocycles. The zero-order valence-corrected chi connectivity index (χ0v) is 11.3. The van der Waals surface area contributed by atoms with Crippen molar-refractivity contribution in [2.75, 3.05) is 24.5 Å². The lowest BCUT2D eigenvalue weighted by Crippen LogP contribution is -2.30. The summed E-state index contributed by atoms with van der Waals surface area (Å²) in [6.45, 7) is 3.27. The van der Waals surface area contributed by atoms with E-state index >= 15 is 0 Å². The zero-order valence-electron chi connectivity index (χ0n) is 11.3.